The van der Waals surface area contributed by atoms with Crippen molar-refractivity contribution in [2.45, 2.75) is 13.0 Å². The van der Waals surface area contributed by atoms with Crippen LogP contribution in [0.25, 0.3) is 0 Å². The highest BCUT2D eigenvalue weighted by Crippen LogP contribution is 2.35. The highest BCUT2D eigenvalue weighted by molar-refractivity contribution is 5.91. The number of hydrogen-bond donors (Lipinski definition) is 3. The van der Waals surface area contributed by atoms with Crippen LogP contribution in [0.4, 0.5) is 11.5 Å². The van der Waals surface area contributed by atoms with Crippen LogP contribution in [-0.2, 0) is 4.79 Å². The normalized spacial score (nSPS) is 16.7. The topological polar surface area (TPSA) is 130 Å². The summed E-state index contributed by atoms with van der Waals surface area (Å²) < 4.78 is 1.36. The van der Waals surface area contributed by atoms with Gasteiger partial charge < -0.3 is 10.4 Å². The molecule has 1 aliphatic heterocycles. The van der Waals surface area contributed by atoms with Crippen LogP contribution < -0.4 is 10.9 Å². The molecule has 9 heteroatoms. The zero-order chi connectivity index (χ0) is 16.7. The van der Waals surface area contributed by atoms with Crippen LogP contribution in [0, 0.1) is 10.1 Å². The fourth-order valence-electron chi connectivity index (χ4n) is 2.70. The first-order valence-electron chi connectivity index (χ1n) is 6.65. The fourth-order valence-corrected chi connectivity index (χ4v) is 2.70. The lowest BCUT2D eigenvalue weighted by atomic mass is 9.95. The summed E-state index contributed by atoms with van der Waals surface area (Å²) in [6, 6.07) is 6.11. The number of non-ortho nitro benzene ring substituents is 1. The second kappa shape index (κ2) is 5.13. The van der Waals surface area contributed by atoms with E-state index in [1.54, 1.807) is 13.0 Å². The van der Waals surface area contributed by atoms with Crippen LogP contribution in [0.3, 0.4) is 0 Å². The molecule has 2 heterocycles. The van der Waals surface area contributed by atoms with Gasteiger partial charge in [0.1, 0.15) is 11.9 Å². The molecule has 9 nitrogen and oxygen atoms in total. The number of nitrogens with one attached hydrogen (secondary N) is 2. The van der Waals surface area contributed by atoms with E-state index < -0.39 is 22.5 Å². The van der Waals surface area contributed by atoms with Crippen molar-refractivity contribution in [1.29, 1.82) is 0 Å². The predicted octanol–water partition coefficient (Wildman–Crippen LogP) is 1.46. The van der Waals surface area contributed by atoms with E-state index in [4.69, 9.17) is 0 Å². The number of allylic oxidation sites excluding steroid dienone is 1. The quantitative estimate of drug-likeness (QED) is 0.580. The molecule has 1 unspecified atom stereocenters. The van der Waals surface area contributed by atoms with Gasteiger partial charge in [0.05, 0.1) is 10.5 Å². The molecule has 0 amide bonds. The second-order valence-corrected chi connectivity index (χ2v) is 5.10. The molecule has 2 aromatic rings. The molecule has 118 valence electrons. The number of H-pyrrole nitrogens is 1. The molecule has 1 atom stereocenters. The van der Waals surface area contributed by atoms with Gasteiger partial charge in [-0.3, -0.25) is 24.7 Å². The van der Waals surface area contributed by atoms with Crippen molar-refractivity contribution in [2.75, 3.05) is 5.32 Å². The van der Waals surface area contributed by atoms with Crippen molar-refractivity contribution < 1.29 is 14.8 Å². The van der Waals surface area contributed by atoms with Gasteiger partial charge in [0.25, 0.3) is 11.2 Å². The number of aromatic nitrogens is 2. The van der Waals surface area contributed by atoms with Crippen molar-refractivity contribution in [3.05, 3.63) is 67.6 Å². The molecule has 23 heavy (non-hydrogen) atoms. The number of nitrogens with zero attached hydrogens (tertiary/aromatic N) is 2. The molecule has 0 spiro atoms. The average molecular weight is 316 g/mol. The molecule has 0 saturated heterocycles. The number of nitro groups is 1. The van der Waals surface area contributed by atoms with E-state index in [2.05, 4.69) is 10.4 Å². The lowest BCUT2D eigenvalue weighted by Gasteiger charge is -2.28. The maximum absolute atomic E-state index is 11.6. The second-order valence-electron chi connectivity index (χ2n) is 5.10. The van der Waals surface area contributed by atoms with Crippen LogP contribution in [0.5, 0.6) is 0 Å². The van der Waals surface area contributed by atoms with E-state index in [1.807, 2.05) is 0 Å². The molecule has 0 saturated carbocycles. The number of rotatable bonds is 3. The molecular weight excluding hydrogens is 304 g/mol. The summed E-state index contributed by atoms with van der Waals surface area (Å²) in [5.74, 6) is -0.777. The van der Waals surface area contributed by atoms with E-state index >= 15 is 0 Å². The van der Waals surface area contributed by atoms with Crippen LogP contribution >= 0.6 is 0 Å². The number of nitro benzene ring substituents is 1. The van der Waals surface area contributed by atoms with Gasteiger partial charge in [0.2, 0.25) is 0 Å². The van der Waals surface area contributed by atoms with Gasteiger partial charge >= 0.3 is 5.97 Å². The summed E-state index contributed by atoms with van der Waals surface area (Å²) in [7, 11) is 0. The standard InChI is InChI=1S/C14H12N4O5/c1-7-12(14(20)21)13(17-10(15-7)6-11(19)16-17)8-3-2-4-9(5-8)18(22)23/h2-6,13,15H,1H3,(H,16,19)(H,20,21). The third-order valence-electron chi connectivity index (χ3n) is 3.64. The maximum atomic E-state index is 11.6. The Morgan fingerprint density at radius 3 is 2.78 bits per heavy atom. The Labute approximate surface area is 129 Å². The summed E-state index contributed by atoms with van der Waals surface area (Å²) in [4.78, 5) is 33.7. The predicted molar refractivity (Wildman–Crippen MR) is 80.2 cm³/mol. The van der Waals surface area contributed by atoms with Gasteiger partial charge in [-0.05, 0) is 12.5 Å². The number of fused-ring (bicyclic) bond motifs is 1. The van der Waals surface area contributed by atoms with Crippen molar-refractivity contribution in [3.63, 3.8) is 0 Å². The Morgan fingerprint density at radius 1 is 1.39 bits per heavy atom. The number of hydrogen-bond acceptors (Lipinski definition) is 5. The molecular formula is C14H12N4O5. The van der Waals surface area contributed by atoms with Gasteiger partial charge in [0, 0.05) is 23.9 Å². The molecule has 0 aliphatic carbocycles. The summed E-state index contributed by atoms with van der Waals surface area (Å²) in [5.41, 5.74) is 0.213. The number of aromatic amines is 1. The van der Waals surface area contributed by atoms with Crippen LogP contribution in [-0.4, -0.2) is 25.8 Å². The van der Waals surface area contributed by atoms with Crippen LogP contribution in [0.15, 0.2) is 46.4 Å². The molecule has 1 aromatic heterocycles. The van der Waals surface area contributed by atoms with Crippen LogP contribution in [0.2, 0.25) is 0 Å². The Bertz CT molecular complexity index is 908. The smallest absolute Gasteiger partial charge is 0.335 e. The highest BCUT2D eigenvalue weighted by atomic mass is 16.6. The number of benzene rings is 1. The van der Waals surface area contributed by atoms with Crippen molar-refractivity contribution in [1.82, 2.24) is 9.78 Å². The minimum atomic E-state index is -1.17. The third kappa shape index (κ3) is 2.37. The first-order valence-corrected chi connectivity index (χ1v) is 6.65. The molecule has 3 N–H and O–H groups in total. The summed E-state index contributed by atoms with van der Waals surface area (Å²) in [6.45, 7) is 1.58. The maximum Gasteiger partial charge on any atom is 0.335 e. The molecule has 0 radical (unpaired) electrons. The molecule has 1 aliphatic rings. The first kappa shape index (κ1) is 14.6. The van der Waals surface area contributed by atoms with E-state index in [9.17, 15) is 24.8 Å². The Morgan fingerprint density at radius 2 is 2.13 bits per heavy atom. The molecule has 0 bridgehead atoms. The number of anilines is 1. The van der Waals surface area contributed by atoms with Gasteiger partial charge in [0.15, 0.2) is 0 Å². The first-order chi connectivity index (χ1) is 10.9. The number of aliphatic carboxylic acids is 1. The SMILES string of the molecule is CC1=C(C(=O)O)C(c2cccc([N+](=O)[O-])c2)n2[nH]c(=O)cc2N1. The van der Waals surface area contributed by atoms with E-state index in [1.165, 1.54) is 28.9 Å². The molecule has 0 fully saturated rings. The Kier molecular flexibility index (Phi) is 3.25. The monoisotopic (exact) mass is 316 g/mol. The lowest BCUT2D eigenvalue weighted by molar-refractivity contribution is -0.384. The average Bonchev–Trinajstić information content (AvgIpc) is 2.85. The number of carbonyl (C=O) groups is 1. The minimum absolute atomic E-state index is 0.00449. The summed E-state index contributed by atoms with van der Waals surface area (Å²) >= 11 is 0. The lowest BCUT2D eigenvalue weighted by Crippen LogP contribution is -2.28. The zero-order valence-electron chi connectivity index (χ0n) is 11.9. The molecule has 3 rings (SSSR count). The largest absolute Gasteiger partial charge is 0.478 e. The third-order valence-corrected chi connectivity index (χ3v) is 3.64. The van der Waals surface area contributed by atoms with Gasteiger partial charge in [-0.2, -0.15) is 0 Å². The Hall–Kier alpha value is -3.36. The number of carboxylic acid groups (broad SMARTS) is 1. The molecule has 1 aromatic carbocycles. The van der Waals surface area contributed by atoms with Crippen molar-refractivity contribution >= 4 is 17.5 Å². The van der Waals surface area contributed by atoms with E-state index in [-0.39, 0.29) is 11.3 Å². The highest BCUT2D eigenvalue weighted by Gasteiger charge is 2.33. The van der Waals surface area contributed by atoms with E-state index in [0.29, 0.717) is 17.1 Å². The number of carboxylic acids is 1. The fraction of sp³-hybridized carbons (Fsp3) is 0.143. The van der Waals surface area contributed by atoms with Crippen LogP contribution in [0.1, 0.15) is 18.5 Å². The van der Waals surface area contributed by atoms with Crippen molar-refractivity contribution in [3.8, 4) is 0 Å². The summed E-state index contributed by atoms with van der Waals surface area (Å²) in [6.07, 6.45) is 0. The van der Waals surface area contributed by atoms with Gasteiger partial charge in [-0.15, -0.1) is 0 Å². The van der Waals surface area contributed by atoms with E-state index in [0.717, 1.165) is 0 Å². The van der Waals surface area contributed by atoms with Gasteiger partial charge in [-0.1, -0.05) is 12.1 Å². The Balaban J connectivity index is 2.25. The van der Waals surface area contributed by atoms with Crippen molar-refractivity contribution in [2.24, 2.45) is 0 Å². The zero-order valence-corrected chi connectivity index (χ0v) is 11.9. The summed E-state index contributed by atoms with van der Waals surface area (Å²) in [5, 5.41) is 25.9. The van der Waals surface area contributed by atoms with Gasteiger partial charge in [-0.25, -0.2) is 4.79 Å². The minimum Gasteiger partial charge on any atom is -0.478 e.